The van der Waals surface area contributed by atoms with Crippen LogP contribution < -0.4 is 5.56 Å². The molecule has 1 aliphatic rings. The summed E-state index contributed by atoms with van der Waals surface area (Å²) < 4.78 is 0. The van der Waals surface area contributed by atoms with Gasteiger partial charge < -0.3 is 4.98 Å². The van der Waals surface area contributed by atoms with Crippen LogP contribution in [0.15, 0.2) is 28.0 Å². The van der Waals surface area contributed by atoms with Crippen molar-refractivity contribution in [3.05, 3.63) is 39.7 Å². The second-order valence-electron chi connectivity index (χ2n) is 6.18. The van der Waals surface area contributed by atoms with E-state index in [2.05, 4.69) is 49.8 Å². The molecule has 0 saturated carbocycles. The van der Waals surface area contributed by atoms with Crippen LogP contribution in [-0.4, -0.2) is 10.7 Å². The molecule has 104 valence electrons. The molecule has 1 aromatic carbocycles. The van der Waals surface area contributed by atoms with Crippen molar-refractivity contribution in [3.63, 3.8) is 0 Å². The van der Waals surface area contributed by atoms with Crippen LogP contribution in [0.25, 0.3) is 10.8 Å². The molecule has 0 unspecified atom stereocenters. The fraction of sp³-hybridized carbons (Fsp3) is 0.412. The summed E-state index contributed by atoms with van der Waals surface area (Å²) in [4.78, 5) is 19.8. The van der Waals surface area contributed by atoms with Crippen LogP contribution >= 0.6 is 0 Å². The van der Waals surface area contributed by atoms with Crippen LogP contribution in [0.1, 0.15) is 44.7 Å². The van der Waals surface area contributed by atoms with Gasteiger partial charge in [-0.3, -0.25) is 4.79 Å². The Hall–Kier alpha value is -1.90. The Morgan fingerprint density at radius 1 is 1.10 bits per heavy atom. The summed E-state index contributed by atoms with van der Waals surface area (Å²) >= 11 is 0. The van der Waals surface area contributed by atoms with Crippen LogP contribution in [0, 0.1) is 5.92 Å². The number of aromatic nitrogens is 1. The third-order valence-corrected chi connectivity index (χ3v) is 4.08. The van der Waals surface area contributed by atoms with E-state index >= 15 is 0 Å². The smallest absolute Gasteiger partial charge is 0.257 e. The van der Waals surface area contributed by atoms with E-state index in [1.165, 1.54) is 11.1 Å². The summed E-state index contributed by atoms with van der Waals surface area (Å²) in [6, 6.07) is 6.23. The summed E-state index contributed by atoms with van der Waals surface area (Å²) in [6.07, 6.45) is 0.849. The maximum atomic E-state index is 12.3. The Kier molecular flexibility index (Phi) is 3.00. The number of hydrogen-bond donors (Lipinski definition) is 1. The largest absolute Gasteiger partial charge is 0.306 e. The molecule has 0 bridgehead atoms. The quantitative estimate of drug-likeness (QED) is 0.881. The van der Waals surface area contributed by atoms with Crippen LogP contribution in [0.5, 0.6) is 0 Å². The molecule has 0 radical (unpaired) electrons. The Morgan fingerprint density at radius 3 is 2.50 bits per heavy atom. The lowest BCUT2D eigenvalue weighted by atomic mass is 9.96. The van der Waals surface area contributed by atoms with Gasteiger partial charge in [-0.1, -0.05) is 39.8 Å². The van der Waals surface area contributed by atoms with E-state index in [1.54, 1.807) is 0 Å². The zero-order chi connectivity index (χ0) is 14.4. The van der Waals surface area contributed by atoms with Gasteiger partial charge in [-0.15, -0.1) is 0 Å². The SMILES string of the molecule is CC(C)C1=Nc2[nH]c(=O)c3cc(C(C)C)ccc3c2C1. The van der Waals surface area contributed by atoms with Crippen LogP contribution in [0.3, 0.4) is 0 Å². The normalized spacial score (nSPS) is 14.2. The van der Waals surface area contributed by atoms with E-state index in [9.17, 15) is 4.79 Å². The minimum Gasteiger partial charge on any atom is -0.306 e. The first-order valence-electron chi connectivity index (χ1n) is 7.23. The first kappa shape index (κ1) is 13.1. The molecular formula is C17H20N2O. The third-order valence-electron chi connectivity index (χ3n) is 4.08. The summed E-state index contributed by atoms with van der Waals surface area (Å²) in [7, 11) is 0. The highest BCUT2D eigenvalue weighted by Crippen LogP contribution is 2.32. The highest BCUT2D eigenvalue weighted by molar-refractivity contribution is 6.01. The van der Waals surface area contributed by atoms with Crippen molar-refractivity contribution in [1.29, 1.82) is 0 Å². The molecular weight excluding hydrogens is 248 g/mol. The zero-order valence-electron chi connectivity index (χ0n) is 12.4. The number of H-pyrrole nitrogens is 1. The third kappa shape index (κ3) is 1.98. The van der Waals surface area contributed by atoms with E-state index in [0.717, 1.165) is 28.7 Å². The Balaban J connectivity index is 2.22. The first-order valence-corrected chi connectivity index (χ1v) is 7.23. The van der Waals surface area contributed by atoms with Crippen molar-refractivity contribution in [1.82, 2.24) is 4.98 Å². The summed E-state index contributed by atoms with van der Waals surface area (Å²) in [6.45, 7) is 8.56. The number of hydrogen-bond acceptors (Lipinski definition) is 2. The van der Waals surface area contributed by atoms with Crippen molar-refractivity contribution in [2.75, 3.05) is 0 Å². The number of aliphatic imine (C=N–C) groups is 1. The number of pyridine rings is 1. The lowest BCUT2D eigenvalue weighted by Crippen LogP contribution is -2.09. The van der Waals surface area contributed by atoms with Crippen molar-refractivity contribution in [3.8, 4) is 0 Å². The molecule has 0 fully saturated rings. The molecule has 3 rings (SSSR count). The minimum absolute atomic E-state index is 0.0324. The molecule has 0 amide bonds. The van der Waals surface area contributed by atoms with Crippen LogP contribution in [0.4, 0.5) is 5.82 Å². The minimum atomic E-state index is -0.0324. The van der Waals surface area contributed by atoms with Crippen LogP contribution in [0.2, 0.25) is 0 Å². The lowest BCUT2D eigenvalue weighted by molar-refractivity contribution is 0.868. The molecule has 0 spiro atoms. The average molecular weight is 268 g/mol. The number of nitrogens with zero attached hydrogens (tertiary/aromatic N) is 1. The molecule has 0 aliphatic carbocycles. The van der Waals surface area contributed by atoms with Gasteiger partial charge in [0.15, 0.2) is 0 Å². The summed E-state index contributed by atoms with van der Waals surface area (Å²) in [5.74, 6) is 1.59. The van der Waals surface area contributed by atoms with Gasteiger partial charge in [-0.05, 0) is 28.9 Å². The maximum Gasteiger partial charge on any atom is 0.257 e. The number of aromatic amines is 1. The second kappa shape index (κ2) is 4.58. The van der Waals surface area contributed by atoms with Gasteiger partial charge in [-0.25, -0.2) is 4.99 Å². The standard InChI is InChI=1S/C17H20N2O/c1-9(2)11-5-6-12-13-8-15(10(3)4)18-16(13)19-17(20)14(12)7-11/h5-7,9-10H,8H2,1-4H3,(H,19,20). The first-order chi connectivity index (χ1) is 9.47. The molecule has 3 heteroatoms. The average Bonchev–Trinajstić information content (AvgIpc) is 2.82. The predicted octanol–water partition coefficient (Wildman–Crippen LogP) is 3.94. The van der Waals surface area contributed by atoms with Gasteiger partial charge >= 0.3 is 0 Å². The van der Waals surface area contributed by atoms with E-state index in [4.69, 9.17) is 0 Å². The number of nitrogens with one attached hydrogen (secondary N) is 1. The maximum absolute atomic E-state index is 12.3. The fourth-order valence-corrected chi connectivity index (χ4v) is 2.72. The molecule has 1 aliphatic heterocycles. The molecule has 1 N–H and O–H groups in total. The van der Waals surface area contributed by atoms with Crippen LogP contribution in [-0.2, 0) is 6.42 Å². The number of fused-ring (bicyclic) bond motifs is 3. The molecule has 20 heavy (non-hydrogen) atoms. The van der Waals surface area contributed by atoms with E-state index < -0.39 is 0 Å². The number of benzene rings is 1. The summed E-state index contributed by atoms with van der Waals surface area (Å²) in [5.41, 5.74) is 3.48. The molecule has 2 aromatic rings. The number of rotatable bonds is 2. The Bertz CT molecular complexity index is 766. The van der Waals surface area contributed by atoms with Crippen molar-refractivity contribution in [2.45, 2.75) is 40.0 Å². The van der Waals surface area contributed by atoms with Crippen molar-refractivity contribution < 1.29 is 0 Å². The Labute approximate surface area is 118 Å². The highest BCUT2D eigenvalue weighted by Gasteiger charge is 2.21. The second-order valence-corrected chi connectivity index (χ2v) is 6.18. The topological polar surface area (TPSA) is 45.2 Å². The van der Waals surface area contributed by atoms with E-state index in [1.807, 2.05) is 6.07 Å². The molecule has 2 heterocycles. The van der Waals surface area contributed by atoms with E-state index in [-0.39, 0.29) is 5.56 Å². The summed E-state index contributed by atoms with van der Waals surface area (Å²) in [5, 5.41) is 1.84. The van der Waals surface area contributed by atoms with Gasteiger partial charge in [0, 0.05) is 23.1 Å². The predicted molar refractivity (Wildman–Crippen MR) is 84.3 cm³/mol. The van der Waals surface area contributed by atoms with Crippen molar-refractivity contribution >= 4 is 22.3 Å². The van der Waals surface area contributed by atoms with Gasteiger partial charge in [-0.2, -0.15) is 0 Å². The van der Waals surface area contributed by atoms with Gasteiger partial charge in [0.1, 0.15) is 5.82 Å². The monoisotopic (exact) mass is 268 g/mol. The van der Waals surface area contributed by atoms with E-state index in [0.29, 0.717) is 11.8 Å². The highest BCUT2D eigenvalue weighted by atomic mass is 16.1. The lowest BCUT2D eigenvalue weighted by Gasteiger charge is -2.09. The molecule has 3 nitrogen and oxygen atoms in total. The van der Waals surface area contributed by atoms with Gasteiger partial charge in [0.25, 0.3) is 5.56 Å². The van der Waals surface area contributed by atoms with Gasteiger partial charge in [0.2, 0.25) is 0 Å². The van der Waals surface area contributed by atoms with Crippen molar-refractivity contribution in [2.24, 2.45) is 10.9 Å². The Morgan fingerprint density at radius 2 is 1.85 bits per heavy atom. The fourth-order valence-electron chi connectivity index (χ4n) is 2.72. The van der Waals surface area contributed by atoms with Gasteiger partial charge in [0.05, 0.1) is 0 Å². The molecule has 1 aromatic heterocycles. The molecule has 0 atom stereocenters. The molecule has 0 saturated heterocycles. The zero-order valence-corrected chi connectivity index (χ0v) is 12.4.